The minimum atomic E-state index is -1.50. The Morgan fingerprint density at radius 1 is 1.00 bits per heavy atom. The zero-order valence-electron chi connectivity index (χ0n) is 8.64. The van der Waals surface area contributed by atoms with Crippen molar-refractivity contribution < 1.29 is 13.0 Å². The maximum absolute atomic E-state index is 5.71. The molecule has 0 bridgehead atoms. The first kappa shape index (κ1) is 12.3. The molecular formula is C7H19O3Si2. The van der Waals surface area contributed by atoms with Crippen molar-refractivity contribution in [3.63, 3.8) is 0 Å². The van der Waals surface area contributed by atoms with Gasteiger partial charge >= 0.3 is 9.53 Å². The van der Waals surface area contributed by atoms with Gasteiger partial charge in [0.25, 0.3) is 0 Å². The minimum absolute atomic E-state index is 0.665. The molecule has 0 aromatic heterocycles. The van der Waals surface area contributed by atoms with Crippen LogP contribution in [0.2, 0.25) is 19.6 Å². The van der Waals surface area contributed by atoms with Crippen LogP contribution in [-0.2, 0) is 13.0 Å². The van der Waals surface area contributed by atoms with E-state index < -0.39 is 17.8 Å². The highest BCUT2D eigenvalue weighted by atomic mass is 28.4. The highest BCUT2D eigenvalue weighted by molar-refractivity contribution is 6.74. The smallest absolute Gasteiger partial charge is 0.414 e. The summed E-state index contributed by atoms with van der Waals surface area (Å²) < 4.78 is 16.4. The van der Waals surface area contributed by atoms with Gasteiger partial charge in [-0.3, -0.25) is 0 Å². The van der Waals surface area contributed by atoms with Gasteiger partial charge in [-0.25, -0.2) is 0 Å². The Morgan fingerprint density at radius 3 is 1.67 bits per heavy atom. The average Bonchev–Trinajstić information content (AvgIpc) is 1.84. The summed E-state index contributed by atoms with van der Waals surface area (Å²) in [4.78, 5) is 0. The molecule has 0 unspecified atom stereocenters. The van der Waals surface area contributed by atoms with Crippen molar-refractivity contribution in [3.05, 3.63) is 0 Å². The van der Waals surface area contributed by atoms with Crippen molar-refractivity contribution in [3.8, 4) is 0 Å². The standard InChI is InChI=1S/C7H19O3Si2/c1-6-8-11(9-7-2)10-12(3,4)5/h6-7H2,1-5H3. The van der Waals surface area contributed by atoms with E-state index >= 15 is 0 Å². The van der Waals surface area contributed by atoms with E-state index in [2.05, 4.69) is 19.6 Å². The van der Waals surface area contributed by atoms with Gasteiger partial charge in [0.15, 0.2) is 8.32 Å². The predicted molar refractivity (Wildman–Crippen MR) is 53.4 cm³/mol. The summed E-state index contributed by atoms with van der Waals surface area (Å²) >= 11 is 0. The van der Waals surface area contributed by atoms with Crippen LogP contribution < -0.4 is 0 Å². The lowest BCUT2D eigenvalue weighted by molar-refractivity contribution is 0.151. The van der Waals surface area contributed by atoms with Crippen LogP contribution in [0.3, 0.4) is 0 Å². The van der Waals surface area contributed by atoms with E-state index in [1.165, 1.54) is 0 Å². The quantitative estimate of drug-likeness (QED) is 0.623. The molecule has 0 aliphatic heterocycles. The summed E-state index contributed by atoms with van der Waals surface area (Å²) in [5.41, 5.74) is 0. The summed E-state index contributed by atoms with van der Waals surface area (Å²) in [5, 5.41) is 0. The van der Waals surface area contributed by atoms with Gasteiger partial charge in [0, 0.05) is 13.2 Å². The molecule has 0 spiro atoms. The Morgan fingerprint density at radius 2 is 1.42 bits per heavy atom. The fourth-order valence-corrected chi connectivity index (χ4v) is 3.61. The first-order valence-corrected chi connectivity index (χ1v) is 8.94. The van der Waals surface area contributed by atoms with Crippen LogP contribution in [-0.4, -0.2) is 31.1 Å². The summed E-state index contributed by atoms with van der Waals surface area (Å²) in [6, 6.07) is 0. The van der Waals surface area contributed by atoms with Crippen molar-refractivity contribution in [1.82, 2.24) is 0 Å². The van der Waals surface area contributed by atoms with Gasteiger partial charge in [0.05, 0.1) is 0 Å². The summed E-state index contributed by atoms with van der Waals surface area (Å²) in [6.07, 6.45) is 0. The van der Waals surface area contributed by atoms with E-state index in [1.54, 1.807) is 0 Å². The molecule has 1 radical (unpaired) electrons. The molecule has 73 valence electrons. The molecule has 0 N–H and O–H groups in total. The van der Waals surface area contributed by atoms with Crippen molar-refractivity contribution in [1.29, 1.82) is 0 Å². The molecule has 0 aromatic carbocycles. The van der Waals surface area contributed by atoms with Crippen molar-refractivity contribution in [2.24, 2.45) is 0 Å². The molecule has 12 heavy (non-hydrogen) atoms. The van der Waals surface area contributed by atoms with E-state index in [4.69, 9.17) is 13.0 Å². The second-order valence-corrected chi connectivity index (χ2v) is 9.45. The molecular weight excluding hydrogens is 188 g/mol. The SMILES string of the molecule is CCO[Si](OCC)O[Si](C)(C)C. The van der Waals surface area contributed by atoms with Crippen molar-refractivity contribution in [2.45, 2.75) is 33.5 Å². The maximum Gasteiger partial charge on any atom is 0.566 e. The molecule has 0 amide bonds. The first-order chi connectivity index (χ1) is 5.49. The molecule has 5 heteroatoms. The fourth-order valence-electron chi connectivity index (χ4n) is 0.586. The minimum Gasteiger partial charge on any atom is -0.414 e. The average molecular weight is 207 g/mol. The molecule has 0 heterocycles. The highest BCUT2D eigenvalue weighted by Gasteiger charge is 2.26. The zero-order chi connectivity index (χ0) is 9.61. The first-order valence-electron chi connectivity index (χ1n) is 4.31. The van der Waals surface area contributed by atoms with Crippen LogP contribution in [0.25, 0.3) is 0 Å². The van der Waals surface area contributed by atoms with Crippen LogP contribution in [0.15, 0.2) is 0 Å². The van der Waals surface area contributed by atoms with E-state index in [-0.39, 0.29) is 0 Å². The molecule has 0 atom stereocenters. The molecule has 0 aromatic rings. The molecule has 0 fully saturated rings. The molecule has 0 aliphatic rings. The van der Waals surface area contributed by atoms with Crippen molar-refractivity contribution >= 4 is 17.8 Å². The molecule has 3 nitrogen and oxygen atoms in total. The van der Waals surface area contributed by atoms with Gasteiger partial charge in [-0.1, -0.05) is 0 Å². The number of hydrogen-bond acceptors (Lipinski definition) is 3. The van der Waals surface area contributed by atoms with Gasteiger partial charge in [0.1, 0.15) is 0 Å². The van der Waals surface area contributed by atoms with Gasteiger partial charge in [-0.15, -0.1) is 0 Å². The van der Waals surface area contributed by atoms with Gasteiger partial charge in [-0.05, 0) is 33.5 Å². The Bertz CT molecular complexity index is 108. The maximum atomic E-state index is 5.71. The molecule has 0 saturated heterocycles. The third-order valence-electron chi connectivity index (χ3n) is 0.914. The second kappa shape index (κ2) is 5.87. The third kappa shape index (κ3) is 6.99. The highest BCUT2D eigenvalue weighted by Crippen LogP contribution is 2.06. The van der Waals surface area contributed by atoms with Crippen LogP contribution in [0, 0.1) is 0 Å². The second-order valence-electron chi connectivity index (χ2n) is 3.33. The topological polar surface area (TPSA) is 27.7 Å². The fraction of sp³-hybridized carbons (Fsp3) is 1.00. The van der Waals surface area contributed by atoms with Gasteiger partial charge < -0.3 is 13.0 Å². The molecule has 0 saturated carbocycles. The lowest BCUT2D eigenvalue weighted by atomic mass is 10.9. The summed E-state index contributed by atoms with van der Waals surface area (Å²) in [7, 11) is -2.94. The normalized spacial score (nSPS) is 12.5. The van der Waals surface area contributed by atoms with Crippen LogP contribution in [0.1, 0.15) is 13.8 Å². The zero-order valence-corrected chi connectivity index (χ0v) is 10.6. The Hall–Kier alpha value is 0.314. The number of hydrogen-bond donors (Lipinski definition) is 0. The third-order valence-corrected chi connectivity index (χ3v) is 5.08. The molecule has 0 rings (SSSR count). The van der Waals surface area contributed by atoms with Crippen LogP contribution >= 0.6 is 0 Å². The lowest BCUT2D eigenvalue weighted by Gasteiger charge is -2.22. The van der Waals surface area contributed by atoms with Gasteiger partial charge in [-0.2, -0.15) is 0 Å². The van der Waals surface area contributed by atoms with Crippen LogP contribution in [0.4, 0.5) is 0 Å². The van der Waals surface area contributed by atoms with E-state index in [0.717, 1.165) is 0 Å². The lowest BCUT2D eigenvalue weighted by Crippen LogP contribution is -2.39. The monoisotopic (exact) mass is 207 g/mol. The van der Waals surface area contributed by atoms with Crippen LogP contribution in [0.5, 0.6) is 0 Å². The number of rotatable bonds is 6. The van der Waals surface area contributed by atoms with E-state index in [0.29, 0.717) is 13.2 Å². The summed E-state index contributed by atoms with van der Waals surface area (Å²) in [5.74, 6) is 0. The van der Waals surface area contributed by atoms with E-state index in [9.17, 15) is 0 Å². The largest absolute Gasteiger partial charge is 0.566 e. The summed E-state index contributed by atoms with van der Waals surface area (Å²) in [6.45, 7) is 11.6. The van der Waals surface area contributed by atoms with Gasteiger partial charge in [0.2, 0.25) is 0 Å². The Balaban J connectivity index is 3.77. The predicted octanol–water partition coefficient (Wildman–Crippen LogP) is 1.90. The van der Waals surface area contributed by atoms with E-state index in [1.807, 2.05) is 13.8 Å². The molecule has 0 aliphatic carbocycles. The Labute approximate surface area is 78.1 Å². The van der Waals surface area contributed by atoms with Crippen molar-refractivity contribution in [2.75, 3.05) is 13.2 Å². The Kier molecular flexibility index (Phi) is 6.03.